The maximum atomic E-state index is 10.9. The lowest BCUT2D eigenvalue weighted by Gasteiger charge is -2.21. The summed E-state index contributed by atoms with van der Waals surface area (Å²) in [6, 6.07) is 11.6. The highest BCUT2D eigenvalue weighted by Crippen LogP contribution is 2.28. The monoisotopic (exact) mass is 339 g/mol. The molecule has 1 atom stereocenters. The van der Waals surface area contributed by atoms with E-state index >= 15 is 0 Å². The lowest BCUT2D eigenvalue weighted by atomic mass is 10.2. The van der Waals surface area contributed by atoms with Gasteiger partial charge in [0, 0.05) is 30.8 Å². The topological polar surface area (TPSA) is 49.8 Å². The van der Waals surface area contributed by atoms with E-state index in [2.05, 4.69) is 0 Å². The molecule has 1 aromatic heterocycles. The van der Waals surface area contributed by atoms with Gasteiger partial charge in [-0.25, -0.2) is 4.79 Å². The van der Waals surface area contributed by atoms with Gasteiger partial charge < -0.3 is 14.7 Å². The Kier molecular flexibility index (Phi) is 6.10. The van der Waals surface area contributed by atoms with Crippen LogP contribution in [0.1, 0.15) is 23.0 Å². The molecule has 0 unspecified atom stereocenters. The minimum absolute atomic E-state index is 0.163. The quantitative estimate of drug-likeness (QED) is 0.749. The van der Waals surface area contributed by atoms with Crippen molar-refractivity contribution in [2.24, 2.45) is 0 Å². The Morgan fingerprint density at radius 1 is 1.36 bits per heavy atom. The number of carbonyl (C=O) groups is 1. The van der Waals surface area contributed by atoms with Crippen molar-refractivity contribution in [1.82, 2.24) is 4.90 Å². The van der Waals surface area contributed by atoms with Crippen LogP contribution in [-0.4, -0.2) is 29.7 Å². The van der Waals surface area contributed by atoms with Gasteiger partial charge in [0.25, 0.3) is 0 Å². The lowest BCUT2D eigenvalue weighted by Crippen LogP contribution is -2.27. The van der Waals surface area contributed by atoms with Gasteiger partial charge in [-0.1, -0.05) is 18.2 Å². The molecule has 0 saturated carbocycles. The van der Waals surface area contributed by atoms with Crippen molar-refractivity contribution < 1.29 is 14.6 Å². The fourth-order valence-electron chi connectivity index (χ4n) is 1.96. The molecule has 6 heteroatoms. The van der Waals surface area contributed by atoms with Crippen LogP contribution in [0.2, 0.25) is 0 Å². The highest BCUT2D eigenvalue weighted by molar-refractivity contribution is 7.10. The number of hydrogen-bond acceptors (Lipinski definition) is 3. The summed E-state index contributed by atoms with van der Waals surface area (Å²) in [4.78, 5) is 13.3. The average Bonchev–Trinajstić information content (AvgIpc) is 3.05. The van der Waals surface area contributed by atoms with Crippen LogP contribution in [0.4, 0.5) is 4.79 Å². The third-order valence-electron chi connectivity index (χ3n) is 3.27. The molecular formula is C16H18ClNO3S. The summed E-state index contributed by atoms with van der Waals surface area (Å²) in [5.41, 5.74) is 1.03. The van der Waals surface area contributed by atoms with Crippen molar-refractivity contribution in [2.75, 3.05) is 13.6 Å². The Balaban J connectivity index is 2.05. The summed E-state index contributed by atoms with van der Waals surface area (Å²) < 4.78 is 6.04. The molecule has 1 N–H and O–H groups in total. The first kappa shape index (κ1) is 16.6. The van der Waals surface area contributed by atoms with Gasteiger partial charge in [0.15, 0.2) is 0 Å². The summed E-state index contributed by atoms with van der Waals surface area (Å²) in [5.74, 6) is 1.23. The largest absolute Gasteiger partial charge is 0.485 e. The van der Waals surface area contributed by atoms with Crippen molar-refractivity contribution >= 4 is 29.0 Å². The van der Waals surface area contributed by atoms with E-state index in [1.165, 1.54) is 4.90 Å². The molecule has 0 saturated heterocycles. The maximum absolute atomic E-state index is 10.9. The minimum Gasteiger partial charge on any atom is -0.485 e. The second-order valence-corrected chi connectivity index (χ2v) is 6.14. The van der Waals surface area contributed by atoms with E-state index in [9.17, 15) is 4.79 Å². The summed E-state index contributed by atoms with van der Waals surface area (Å²) >= 11 is 7.39. The van der Waals surface area contributed by atoms with Crippen molar-refractivity contribution in [2.45, 2.75) is 18.4 Å². The first-order valence-electron chi connectivity index (χ1n) is 6.89. The zero-order valence-corrected chi connectivity index (χ0v) is 13.8. The first-order chi connectivity index (χ1) is 10.6. The number of rotatable bonds is 7. The molecule has 0 spiro atoms. The molecular weight excluding hydrogens is 322 g/mol. The van der Waals surface area contributed by atoms with Gasteiger partial charge in [-0.3, -0.25) is 0 Å². The van der Waals surface area contributed by atoms with E-state index in [4.69, 9.17) is 21.4 Å². The Hall–Kier alpha value is -1.72. The molecule has 1 amide bonds. The van der Waals surface area contributed by atoms with Crippen molar-refractivity contribution in [1.29, 1.82) is 0 Å². The van der Waals surface area contributed by atoms with Crippen molar-refractivity contribution in [3.63, 3.8) is 0 Å². The molecule has 1 aromatic carbocycles. The predicted molar refractivity (Wildman–Crippen MR) is 89.0 cm³/mol. The van der Waals surface area contributed by atoms with E-state index in [-0.39, 0.29) is 6.10 Å². The normalized spacial score (nSPS) is 11.9. The van der Waals surface area contributed by atoms with E-state index in [0.29, 0.717) is 18.8 Å². The summed E-state index contributed by atoms with van der Waals surface area (Å²) in [5, 5.41) is 10.9. The van der Waals surface area contributed by atoms with Gasteiger partial charge in [0.2, 0.25) is 0 Å². The summed E-state index contributed by atoms with van der Waals surface area (Å²) in [7, 11) is 1.56. The minimum atomic E-state index is -0.934. The Morgan fingerprint density at radius 2 is 2.09 bits per heavy atom. The van der Waals surface area contributed by atoms with Crippen LogP contribution in [0.15, 0.2) is 41.8 Å². The number of amides is 1. The zero-order chi connectivity index (χ0) is 15.9. The molecule has 1 heterocycles. The second-order valence-electron chi connectivity index (χ2n) is 4.89. The SMILES string of the molecule is CN(CC[C@H](Oc1ccc(CCl)cc1)c1cccs1)C(=O)O. The smallest absolute Gasteiger partial charge is 0.407 e. The third-order valence-corrected chi connectivity index (χ3v) is 4.54. The van der Waals surface area contributed by atoms with Crippen LogP contribution < -0.4 is 4.74 Å². The maximum Gasteiger partial charge on any atom is 0.407 e. The lowest BCUT2D eigenvalue weighted by molar-refractivity contribution is 0.141. The third kappa shape index (κ3) is 4.64. The van der Waals surface area contributed by atoms with Crippen molar-refractivity contribution in [3.05, 3.63) is 52.2 Å². The number of alkyl halides is 1. The fraction of sp³-hybridized carbons (Fsp3) is 0.312. The van der Waals surface area contributed by atoms with Gasteiger partial charge >= 0.3 is 6.09 Å². The second kappa shape index (κ2) is 8.06. The Labute approximate surface area is 138 Å². The molecule has 0 bridgehead atoms. The molecule has 0 aliphatic carbocycles. The number of nitrogens with zero attached hydrogens (tertiary/aromatic N) is 1. The predicted octanol–water partition coefficient (Wildman–Crippen LogP) is 4.61. The van der Waals surface area contributed by atoms with Gasteiger partial charge in [0.1, 0.15) is 11.9 Å². The van der Waals surface area contributed by atoms with E-state index < -0.39 is 6.09 Å². The molecule has 0 aliphatic heterocycles. The van der Waals surface area contributed by atoms with Crippen LogP contribution >= 0.6 is 22.9 Å². The molecule has 0 aliphatic rings. The summed E-state index contributed by atoms with van der Waals surface area (Å²) in [6.07, 6.45) is -0.499. The first-order valence-corrected chi connectivity index (χ1v) is 8.30. The molecule has 0 fully saturated rings. The van der Waals surface area contributed by atoms with Crippen LogP contribution in [0.5, 0.6) is 5.75 Å². The average molecular weight is 340 g/mol. The Morgan fingerprint density at radius 3 is 2.64 bits per heavy atom. The van der Waals surface area contributed by atoms with Crippen LogP contribution in [0.25, 0.3) is 0 Å². The molecule has 4 nitrogen and oxygen atoms in total. The van der Waals surface area contributed by atoms with Gasteiger partial charge in [0.05, 0.1) is 0 Å². The highest BCUT2D eigenvalue weighted by Gasteiger charge is 2.17. The van der Waals surface area contributed by atoms with Crippen LogP contribution in [0.3, 0.4) is 0 Å². The zero-order valence-electron chi connectivity index (χ0n) is 12.2. The molecule has 0 radical (unpaired) electrons. The van der Waals surface area contributed by atoms with Crippen LogP contribution in [0, 0.1) is 0 Å². The number of hydrogen-bond donors (Lipinski definition) is 1. The molecule has 22 heavy (non-hydrogen) atoms. The molecule has 118 valence electrons. The Bertz CT molecular complexity index is 586. The van der Waals surface area contributed by atoms with Crippen molar-refractivity contribution in [3.8, 4) is 5.75 Å². The van der Waals surface area contributed by atoms with E-state index in [1.807, 2.05) is 41.8 Å². The van der Waals surface area contributed by atoms with Gasteiger partial charge in [-0.15, -0.1) is 22.9 Å². The number of benzene rings is 1. The number of ether oxygens (including phenoxy) is 1. The molecule has 2 aromatic rings. The highest BCUT2D eigenvalue weighted by atomic mass is 35.5. The van der Waals surface area contributed by atoms with Gasteiger partial charge in [-0.2, -0.15) is 0 Å². The number of halogens is 1. The summed E-state index contributed by atoms with van der Waals surface area (Å²) in [6.45, 7) is 0.414. The molecule has 2 rings (SSSR count). The number of thiophene rings is 1. The van der Waals surface area contributed by atoms with E-state index in [1.54, 1.807) is 18.4 Å². The number of carboxylic acid groups (broad SMARTS) is 1. The van der Waals surface area contributed by atoms with Gasteiger partial charge in [-0.05, 0) is 29.1 Å². The van der Waals surface area contributed by atoms with E-state index in [0.717, 1.165) is 16.2 Å². The standard InChI is InChI=1S/C16H18ClNO3S/c1-18(16(19)20)9-8-14(15-3-2-10-22-15)21-13-6-4-12(11-17)5-7-13/h2-7,10,14H,8-9,11H2,1H3,(H,19,20)/t14-/m0/s1. The fourth-order valence-corrected chi connectivity index (χ4v) is 2.93. The van der Waals surface area contributed by atoms with Crippen LogP contribution in [-0.2, 0) is 5.88 Å².